The smallest absolute Gasteiger partial charge is 0.336 e. The normalized spacial score (nSPS) is 10.3. The van der Waals surface area contributed by atoms with Gasteiger partial charge in [-0.2, -0.15) is 0 Å². The maximum absolute atomic E-state index is 11.6. The van der Waals surface area contributed by atoms with Crippen molar-refractivity contribution in [1.82, 2.24) is 0 Å². The first-order valence-corrected chi connectivity index (χ1v) is 5.78. The molecular formula is C16H12O3. The quantitative estimate of drug-likeness (QED) is 0.363. The number of carbonyl (C=O) groups excluding carboxylic acids is 2. The Morgan fingerprint density at radius 1 is 0.895 bits per heavy atom. The summed E-state index contributed by atoms with van der Waals surface area (Å²) in [5.74, 6) is -0.0454. The van der Waals surface area contributed by atoms with Crippen LogP contribution in [0.15, 0.2) is 60.7 Å². The largest absolute Gasteiger partial charge is 0.423 e. The Hall–Kier alpha value is -2.68. The predicted octanol–water partition coefficient (Wildman–Crippen LogP) is 3.12. The van der Waals surface area contributed by atoms with Crippen molar-refractivity contribution < 1.29 is 14.3 Å². The number of aldehydes is 1. The molecule has 94 valence electrons. The molecule has 0 spiro atoms. The minimum absolute atomic E-state index is 0.410. The molecule has 0 radical (unpaired) electrons. The van der Waals surface area contributed by atoms with E-state index in [1.54, 1.807) is 30.3 Å². The van der Waals surface area contributed by atoms with Crippen LogP contribution in [0.5, 0.6) is 5.75 Å². The molecule has 0 saturated heterocycles. The van der Waals surface area contributed by atoms with E-state index in [0.717, 1.165) is 11.8 Å². The number of benzene rings is 2. The summed E-state index contributed by atoms with van der Waals surface area (Å²) in [5, 5.41) is 0. The van der Waals surface area contributed by atoms with E-state index in [1.165, 1.54) is 6.08 Å². The Balaban J connectivity index is 1.97. The highest BCUT2D eigenvalue weighted by atomic mass is 16.5. The van der Waals surface area contributed by atoms with Crippen molar-refractivity contribution in [1.29, 1.82) is 0 Å². The first-order chi connectivity index (χ1) is 9.28. The Bertz CT molecular complexity index is 583. The van der Waals surface area contributed by atoms with Crippen LogP contribution in [-0.4, -0.2) is 12.3 Å². The van der Waals surface area contributed by atoms with Gasteiger partial charge >= 0.3 is 5.97 Å². The van der Waals surface area contributed by atoms with Gasteiger partial charge in [0.05, 0.1) is 0 Å². The Labute approximate surface area is 111 Å². The number of rotatable bonds is 4. The molecule has 0 aliphatic heterocycles. The molecule has 0 atom stereocenters. The van der Waals surface area contributed by atoms with Gasteiger partial charge in [0.15, 0.2) is 0 Å². The number of hydrogen-bond acceptors (Lipinski definition) is 3. The minimum atomic E-state index is -0.456. The first kappa shape index (κ1) is 12.8. The summed E-state index contributed by atoms with van der Waals surface area (Å²) in [6.07, 6.45) is 3.78. The lowest BCUT2D eigenvalue weighted by Gasteiger charge is -2.00. The highest BCUT2D eigenvalue weighted by Gasteiger charge is 2.00. The number of carbonyl (C=O) groups is 2. The topological polar surface area (TPSA) is 43.4 Å². The van der Waals surface area contributed by atoms with E-state index >= 15 is 0 Å². The molecule has 3 heteroatoms. The third kappa shape index (κ3) is 3.92. The number of esters is 1. The van der Waals surface area contributed by atoms with Crippen molar-refractivity contribution in [3.63, 3.8) is 0 Å². The fourth-order valence-electron chi connectivity index (χ4n) is 1.49. The Morgan fingerprint density at radius 3 is 2.21 bits per heavy atom. The van der Waals surface area contributed by atoms with Crippen molar-refractivity contribution >= 4 is 18.3 Å². The van der Waals surface area contributed by atoms with Crippen molar-refractivity contribution in [2.24, 2.45) is 0 Å². The fraction of sp³-hybridized carbons (Fsp3) is 0. The maximum Gasteiger partial charge on any atom is 0.336 e. The summed E-state index contributed by atoms with van der Waals surface area (Å²) in [4.78, 5) is 22.0. The van der Waals surface area contributed by atoms with Crippen LogP contribution in [0.4, 0.5) is 0 Å². The predicted molar refractivity (Wildman–Crippen MR) is 72.9 cm³/mol. The molecule has 0 N–H and O–H groups in total. The molecule has 2 aromatic rings. The van der Waals surface area contributed by atoms with Crippen LogP contribution in [0, 0.1) is 0 Å². The van der Waals surface area contributed by atoms with Crippen molar-refractivity contribution in [2.75, 3.05) is 0 Å². The van der Waals surface area contributed by atoms with E-state index in [0.29, 0.717) is 11.3 Å². The molecule has 0 aromatic heterocycles. The zero-order valence-electron chi connectivity index (χ0n) is 10.2. The lowest BCUT2D eigenvalue weighted by atomic mass is 10.2. The van der Waals surface area contributed by atoms with Crippen LogP contribution in [-0.2, 0) is 4.79 Å². The Kier molecular flexibility index (Phi) is 4.24. The lowest BCUT2D eigenvalue weighted by Crippen LogP contribution is -2.03. The van der Waals surface area contributed by atoms with Gasteiger partial charge in [0.2, 0.25) is 0 Å². The van der Waals surface area contributed by atoms with Gasteiger partial charge in [-0.25, -0.2) is 4.79 Å². The molecule has 2 aromatic carbocycles. The molecule has 0 fully saturated rings. The van der Waals surface area contributed by atoms with Crippen LogP contribution in [0.1, 0.15) is 15.9 Å². The standard InChI is InChI=1S/C16H12O3/c17-12-14-6-9-15(10-7-14)19-16(18)11-8-13-4-2-1-3-5-13/h1-12H. The molecule has 0 aliphatic rings. The van der Waals surface area contributed by atoms with Crippen LogP contribution >= 0.6 is 0 Å². The van der Waals surface area contributed by atoms with Crippen LogP contribution in [0.3, 0.4) is 0 Å². The molecule has 0 amide bonds. The summed E-state index contributed by atoms with van der Waals surface area (Å²) in [5.41, 5.74) is 1.47. The van der Waals surface area contributed by atoms with Gasteiger partial charge in [0.1, 0.15) is 12.0 Å². The molecule has 0 saturated carbocycles. The monoisotopic (exact) mass is 252 g/mol. The summed E-state index contributed by atoms with van der Waals surface area (Å²) in [7, 11) is 0. The molecular weight excluding hydrogens is 240 g/mol. The second-order valence-electron chi connectivity index (χ2n) is 3.85. The summed E-state index contributed by atoms with van der Waals surface area (Å²) >= 11 is 0. The maximum atomic E-state index is 11.6. The highest BCUT2D eigenvalue weighted by Crippen LogP contribution is 2.11. The van der Waals surface area contributed by atoms with E-state index < -0.39 is 5.97 Å². The van der Waals surface area contributed by atoms with E-state index in [-0.39, 0.29) is 0 Å². The average Bonchev–Trinajstić information content (AvgIpc) is 2.47. The van der Waals surface area contributed by atoms with Gasteiger partial charge in [-0.05, 0) is 35.9 Å². The van der Waals surface area contributed by atoms with Crippen molar-refractivity contribution in [3.8, 4) is 5.75 Å². The van der Waals surface area contributed by atoms with Crippen LogP contribution in [0.2, 0.25) is 0 Å². The van der Waals surface area contributed by atoms with Gasteiger partial charge in [0, 0.05) is 11.6 Å². The first-order valence-electron chi connectivity index (χ1n) is 5.78. The van der Waals surface area contributed by atoms with Gasteiger partial charge in [-0.1, -0.05) is 30.3 Å². The fourth-order valence-corrected chi connectivity index (χ4v) is 1.49. The van der Waals surface area contributed by atoms with Gasteiger partial charge in [-0.3, -0.25) is 4.79 Å². The van der Waals surface area contributed by atoms with Gasteiger partial charge in [-0.15, -0.1) is 0 Å². The summed E-state index contributed by atoms with van der Waals surface area (Å²) < 4.78 is 5.09. The zero-order chi connectivity index (χ0) is 13.5. The minimum Gasteiger partial charge on any atom is -0.423 e. The lowest BCUT2D eigenvalue weighted by molar-refractivity contribution is -0.128. The molecule has 0 bridgehead atoms. The van der Waals surface area contributed by atoms with Crippen molar-refractivity contribution in [2.45, 2.75) is 0 Å². The molecule has 3 nitrogen and oxygen atoms in total. The molecule has 19 heavy (non-hydrogen) atoms. The average molecular weight is 252 g/mol. The molecule has 0 heterocycles. The third-order valence-corrected chi connectivity index (χ3v) is 2.45. The molecule has 0 aliphatic carbocycles. The highest BCUT2D eigenvalue weighted by molar-refractivity contribution is 5.88. The zero-order valence-corrected chi connectivity index (χ0v) is 10.2. The third-order valence-electron chi connectivity index (χ3n) is 2.45. The van der Waals surface area contributed by atoms with Gasteiger partial charge in [0.25, 0.3) is 0 Å². The van der Waals surface area contributed by atoms with E-state index in [4.69, 9.17) is 4.74 Å². The van der Waals surface area contributed by atoms with E-state index in [2.05, 4.69) is 0 Å². The second kappa shape index (κ2) is 6.31. The number of ether oxygens (including phenoxy) is 1. The molecule has 0 unspecified atom stereocenters. The number of hydrogen-bond donors (Lipinski definition) is 0. The van der Waals surface area contributed by atoms with Crippen molar-refractivity contribution in [3.05, 3.63) is 71.8 Å². The Morgan fingerprint density at radius 2 is 1.58 bits per heavy atom. The van der Waals surface area contributed by atoms with E-state index in [1.807, 2.05) is 30.3 Å². The second-order valence-corrected chi connectivity index (χ2v) is 3.85. The molecule has 2 rings (SSSR count). The SMILES string of the molecule is O=Cc1ccc(OC(=O)C=Cc2ccccc2)cc1. The van der Waals surface area contributed by atoms with E-state index in [9.17, 15) is 9.59 Å². The summed E-state index contributed by atoms with van der Waals surface area (Å²) in [6, 6.07) is 15.8. The summed E-state index contributed by atoms with van der Waals surface area (Å²) in [6.45, 7) is 0. The van der Waals surface area contributed by atoms with Crippen LogP contribution < -0.4 is 4.74 Å². The van der Waals surface area contributed by atoms with Gasteiger partial charge < -0.3 is 4.74 Å². The van der Waals surface area contributed by atoms with Crippen LogP contribution in [0.25, 0.3) is 6.08 Å².